The number of nitrogens with zero attached hydrogens (tertiary/aromatic N) is 1. The van der Waals surface area contributed by atoms with Gasteiger partial charge < -0.3 is 4.74 Å². The molecule has 6 heteroatoms. The Kier molecular flexibility index (Phi) is 5.13. The molecule has 1 unspecified atom stereocenters. The van der Waals surface area contributed by atoms with Gasteiger partial charge in [0.25, 0.3) is 0 Å². The molecule has 0 aromatic heterocycles. The van der Waals surface area contributed by atoms with Crippen molar-refractivity contribution in [2.24, 2.45) is 0 Å². The third kappa shape index (κ3) is 3.45. The van der Waals surface area contributed by atoms with Crippen molar-refractivity contribution in [3.8, 4) is 11.8 Å². The number of para-hydroxylation sites is 1. The highest BCUT2D eigenvalue weighted by molar-refractivity contribution is 7.90. The quantitative estimate of drug-likeness (QED) is 0.846. The summed E-state index contributed by atoms with van der Waals surface area (Å²) in [6.07, 6.45) is 0.262. The van der Waals surface area contributed by atoms with Gasteiger partial charge in [0, 0.05) is 12.1 Å². The molecule has 0 amide bonds. The lowest BCUT2D eigenvalue weighted by atomic mass is 10.2. The van der Waals surface area contributed by atoms with Crippen molar-refractivity contribution >= 4 is 10.0 Å². The molecule has 0 saturated heterocycles. The van der Waals surface area contributed by atoms with Crippen LogP contribution in [0.25, 0.3) is 0 Å². The Bertz CT molecular complexity index is 534. The third-order valence-electron chi connectivity index (χ3n) is 2.55. The zero-order valence-electron chi connectivity index (χ0n) is 10.4. The van der Waals surface area contributed by atoms with Crippen molar-refractivity contribution in [1.29, 1.82) is 5.26 Å². The largest absolute Gasteiger partial charge is 0.496 e. The number of rotatable bonds is 6. The van der Waals surface area contributed by atoms with E-state index in [1.807, 2.05) is 0 Å². The Balaban J connectivity index is 2.80. The summed E-state index contributed by atoms with van der Waals surface area (Å²) >= 11 is 0. The first-order chi connectivity index (χ1) is 8.55. The molecule has 0 heterocycles. The van der Waals surface area contributed by atoms with Gasteiger partial charge in [-0.3, -0.25) is 0 Å². The molecule has 0 bridgehead atoms. The number of nitrogens with one attached hydrogen (secondary N) is 1. The van der Waals surface area contributed by atoms with E-state index >= 15 is 0 Å². The molecular weight excluding hydrogens is 252 g/mol. The van der Waals surface area contributed by atoms with Crippen LogP contribution in [0.15, 0.2) is 24.3 Å². The molecule has 1 aromatic rings. The van der Waals surface area contributed by atoms with E-state index in [4.69, 9.17) is 10.00 Å². The first-order valence-electron chi connectivity index (χ1n) is 5.55. The molecule has 0 aliphatic carbocycles. The fourth-order valence-electron chi connectivity index (χ4n) is 1.51. The minimum Gasteiger partial charge on any atom is -0.496 e. The van der Waals surface area contributed by atoms with Crippen LogP contribution in [-0.2, 0) is 16.6 Å². The average molecular weight is 268 g/mol. The highest BCUT2D eigenvalue weighted by Gasteiger charge is 2.23. The summed E-state index contributed by atoms with van der Waals surface area (Å²) in [6.45, 7) is 1.78. The van der Waals surface area contributed by atoms with Gasteiger partial charge in [-0.15, -0.1) is 0 Å². The average Bonchev–Trinajstić information content (AvgIpc) is 2.38. The predicted molar refractivity (Wildman–Crippen MR) is 68.4 cm³/mol. The van der Waals surface area contributed by atoms with Crippen molar-refractivity contribution in [1.82, 2.24) is 4.72 Å². The molecule has 1 atom stereocenters. The molecule has 5 nitrogen and oxygen atoms in total. The number of methoxy groups -OCH3 is 1. The second kappa shape index (κ2) is 6.38. The molecule has 1 rings (SSSR count). The summed E-state index contributed by atoms with van der Waals surface area (Å²) in [7, 11) is -2.09. The van der Waals surface area contributed by atoms with Crippen LogP contribution in [-0.4, -0.2) is 20.8 Å². The van der Waals surface area contributed by atoms with Gasteiger partial charge in [0.2, 0.25) is 10.0 Å². The molecule has 0 spiro atoms. The van der Waals surface area contributed by atoms with E-state index in [1.54, 1.807) is 37.3 Å². The highest BCUT2D eigenvalue weighted by Crippen LogP contribution is 2.17. The first-order valence-corrected chi connectivity index (χ1v) is 7.09. The SMILES string of the molecule is CCC(C#N)S(=O)(=O)NCc1ccccc1OC. The number of sulfonamides is 1. The summed E-state index contributed by atoms with van der Waals surface area (Å²) in [6, 6.07) is 8.91. The van der Waals surface area contributed by atoms with E-state index < -0.39 is 15.3 Å². The van der Waals surface area contributed by atoms with E-state index in [1.165, 1.54) is 7.11 Å². The molecule has 0 fully saturated rings. The summed E-state index contributed by atoms with van der Waals surface area (Å²) in [5.41, 5.74) is 0.733. The third-order valence-corrected chi connectivity index (χ3v) is 4.28. The van der Waals surface area contributed by atoms with Crippen LogP contribution in [0.1, 0.15) is 18.9 Å². The summed E-state index contributed by atoms with van der Waals surface area (Å²) in [5.74, 6) is 0.616. The summed E-state index contributed by atoms with van der Waals surface area (Å²) < 4.78 is 31.1. The van der Waals surface area contributed by atoms with Crippen molar-refractivity contribution in [3.05, 3.63) is 29.8 Å². The zero-order valence-corrected chi connectivity index (χ0v) is 11.2. The van der Waals surface area contributed by atoms with Crippen LogP contribution >= 0.6 is 0 Å². The Hall–Kier alpha value is -1.58. The standard InChI is InChI=1S/C12H16N2O3S/c1-3-11(8-13)18(15,16)14-9-10-6-4-5-7-12(10)17-2/h4-7,11,14H,3,9H2,1-2H3. The van der Waals surface area contributed by atoms with Crippen LogP contribution in [0.4, 0.5) is 0 Å². The number of hydrogen-bond donors (Lipinski definition) is 1. The van der Waals surface area contributed by atoms with Crippen molar-refractivity contribution in [2.75, 3.05) is 7.11 Å². The molecule has 0 radical (unpaired) electrons. The molecule has 0 saturated carbocycles. The normalized spacial score (nSPS) is 12.7. The van der Waals surface area contributed by atoms with Gasteiger partial charge in [-0.1, -0.05) is 25.1 Å². The summed E-state index contributed by atoms with van der Waals surface area (Å²) in [4.78, 5) is 0. The number of ether oxygens (including phenoxy) is 1. The van der Waals surface area contributed by atoms with E-state index in [0.29, 0.717) is 5.75 Å². The van der Waals surface area contributed by atoms with Gasteiger partial charge in [-0.05, 0) is 12.5 Å². The Morgan fingerprint density at radius 3 is 2.67 bits per heavy atom. The van der Waals surface area contributed by atoms with Crippen LogP contribution in [0.5, 0.6) is 5.75 Å². The lowest BCUT2D eigenvalue weighted by molar-refractivity contribution is 0.409. The van der Waals surface area contributed by atoms with Crippen LogP contribution in [0.3, 0.4) is 0 Å². The number of nitriles is 1. The Labute approximate surface area is 107 Å². The van der Waals surface area contributed by atoms with Crippen molar-refractivity contribution < 1.29 is 13.2 Å². The molecule has 18 heavy (non-hydrogen) atoms. The Morgan fingerprint density at radius 2 is 2.11 bits per heavy atom. The maximum absolute atomic E-state index is 11.8. The minimum atomic E-state index is -3.61. The fourth-order valence-corrected chi connectivity index (χ4v) is 2.64. The van der Waals surface area contributed by atoms with Gasteiger partial charge in [-0.2, -0.15) is 5.26 Å². The van der Waals surface area contributed by atoms with Gasteiger partial charge in [0.15, 0.2) is 5.25 Å². The fraction of sp³-hybridized carbons (Fsp3) is 0.417. The molecule has 1 aromatic carbocycles. The second-order valence-corrected chi connectivity index (χ2v) is 5.65. The van der Waals surface area contributed by atoms with Crippen LogP contribution in [0.2, 0.25) is 0 Å². The van der Waals surface area contributed by atoms with E-state index in [-0.39, 0.29) is 13.0 Å². The summed E-state index contributed by atoms with van der Waals surface area (Å²) in [5, 5.41) is 7.74. The van der Waals surface area contributed by atoms with Gasteiger partial charge in [0.1, 0.15) is 5.75 Å². The molecule has 1 N–H and O–H groups in total. The second-order valence-electron chi connectivity index (χ2n) is 3.70. The smallest absolute Gasteiger partial charge is 0.228 e. The van der Waals surface area contributed by atoms with Gasteiger partial charge in [-0.25, -0.2) is 13.1 Å². The number of benzene rings is 1. The lowest BCUT2D eigenvalue weighted by Crippen LogP contribution is -2.32. The maximum Gasteiger partial charge on any atom is 0.228 e. The predicted octanol–water partition coefficient (Wildman–Crippen LogP) is 1.42. The molecular formula is C12H16N2O3S. The van der Waals surface area contributed by atoms with Gasteiger partial charge in [0.05, 0.1) is 13.2 Å². The number of hydrogen-bond acceptors (Lipinski definition) is 4. The molecule has 98 valence electrons. The van der Waals surface area contributed by atoms with Crippen molar-refractivity contribution in [2.45, 2.75) is 25.1 Å². The van der Waals surface area contributed by atoms with E-state index in [0.717, 1.165) is 5.56 Å². The van der Waals surface area contributed by atoms with Crippen molar-refractivity contribution in [3.63, 3.8) is 0 Å². The van der Waals surface area contributed by atoms with E-state index in [9.17, 15) is 8.42 Å². The first kappa shape index (κ1) is 14.5. The molecule has 0 aliphatic heterocycles. The topological polar surface area (TPSA) is 79.2 Å². The lowest BCUT2D eigenvalue weighted by Gasteiger charge is -2.12. The maximum atomic E-state index is 11.8. The van der Waals surface area contributed by atoms with E-state index in [2.05, 4.69) is 4.72 Å². The van der Waals surface area contributed by atoms with Crippen LogP contribution < -0.4 is 9.46 Å². The highest BCUT2D eigenvalue weighted by atomic mass is 32.2. The van der Waals surface area contributed by atoms with Crippen LogP contribution in [0, 0.1) is 11.3 Å². The Morgan fingerprint density at radius 1 is 1.44 bits per heavy atom. The minimum absolute atomic E-state index is 0.116. The van der Waals surface area contributed by atoms with Gasteiger partial charge >= 0.3 is 0 Å². The monoisotopic (exact) mass is 268 g/mol. The zero-order chi connectivity index (χ0) is 13.6. The molecule has 0 aliphatic rings.